The molecule has 0 radical (unpaired) electrons. The smallest absolute Gasteiger partial charge is 0.183 e. The molecule has 0 spiro atoms. The van der Waals surface area contributed by atoms with Crippen molar-refractivity contribution in [2.75, 3.05) is 0 Å². The fourth-order valence-electron chi connectivity index (χ4n) is 2.09. The molecular weight excluding hydrogens is 248 g/mol. The molecule has 1 atom stereocenters. The molecule has 4 nitrogen and oxygen atoms in total. The summed E-state index contributed by atoms with van der Waals surface area (Å²) in [6, 6.07) is 0. The van der Waals surface area contributed by atoms with Crippen LogP contribution in [0.25, 0.3) is 5.57 Å². The van der Waals surface area contributed by atoms with Crippen LogP contribution in [0.5, 0.6) is 0 Å². The van der Waals surface area contributed by atoms with Crippen LogP contribution in [0, 0.1) is 11.3 Å². The summed E-state index contributed by atoms with van der Waals surface area (Å²) in [4.78, 5) is 4.45. The standard InChI is InChI=1S/C16H22N4/c1-4-11(2)10-18-16-14(12(3)17)15(19-20-16)13-8-6-5-7-9-13/h6,8-11,17H,4-5,7H2,1-3H3,(H,19,20). The maximum absolute atomic E-state index is 8.00. The van der Waals surface area contributed by atoms with Crippen LogP contribution < -0.4 is 0 Å². The largest absolute Gasteiger partial charge is 0.305 e. The second kappa shape index (κ2) is 6.46. The van der Waals surface area contributed by atoms with Gasteiger partial charge in [-0.2, -0.15) is 5.10 Å². The van der Waals surface area contributed by atoms with Gasteiger partial charge in [-0.15, -0.1) is 0 Å². The minimum Gasteiger partial charge on any atom is -0.305 e. The lowest BCUT2D eigenvalue weighted by molar-refractivity contribution is 0.754. The first-order chi connectivity index (χ1) is 9.63. The molecule has 0 saturated carbocycles. The average Bonchev–Trinajstić information content (AvgIpc) is 2.89. The molecule has 0 fully saturated rings. The molecule has 1 aliphatic rings. The molecule has 20 heavy (non-hydrogen) atoms. The lowest BCUT2D eigenvalue weighted by atomic mass is 9.99. The summed E-state index contributed by atoms with van der Waals surface area (Å²) in [6.07, 6.45) is 11.5. The van der Waals surface area contributed by atoms with E-state index in [1.54, 1.807) is 6.92 Å². The molecule has 1 heterocycles. The molecule has 2 N–H and O–H groups in total. The van der Waals surface area contributed by atoms with Gasteiger partial charge in [-0.25, -0.2) is 4.99 Å². The molecule has 106 valence electrons. The number of aromatic amines is 1. The quantitative estimate of drug-likeness (QED) is 0.770. The number of nitrogens with one attached hydrogen (secondary N) is 2. The van der Waals surface area contributed by atoms with Crippen LogP contribution >= 0.6 is 0 Å². The Bertz CT molecular complexity index is 575. The monoisotopic (exact) mass is 270 g/mol. The molecule has 0 bridgehead atoms. The first-order valence-electron chi connectivity index (χ1n) is 7.18. The van der Waals surface area contributed by atoms with Gasteiger partial charge < -0.3 is 5.41 Å². The van der Waals surface area contributed by atoms with Gasteiger partial charge in [-0.1, -0.05) is 32.1 Å². The molecule has 0 aromatic carbocycles. The third-order valence-corrected chi connectivity index (χ3v) is 3.50. The number of aromatic nitrogens is 2. The highest BCUT2D eigenvalue weighted by atomic mass is 15.2. The van der Waals surface area contributed by atoms with E-state index in [1.807, 2.05) is 6.21 Å². The maximum Gasteiger partial charge on any atom is 0.183 e. The number of nitrogens with zero attached hydrogens (tertiary/aromatic N) is 2. The zero-order valence-corrected chi connectivity index (χ0v) is 12.4. The summed E-state index contributed by atoms with van der Waals surface area (Å²) in [6.45, 7) is 6.04. The number of H-pyrrole nitrogens is 1. The van der Waals surface area contributed by atoms with E-state index in [-0.39, 0.29) is 0 Å². The van der Waals surface area contributed by atoms with Gasteiger partial charge in [0, 0.05) is 11.9 Å². The number of hydrogen-bond donors (Lipinski definition) is 2. The van der Waals surface area contributed by atoms with E-state index in [4.69, 9.17) is 5.41 Å². The summed E-state index contributed by atoms with van der Waals surface area (Å²) >= 11 is 0. The van der Waals surface area contributed by atoms with E-state index in [0.29, 0.717) is 17.4 Å². The topological polar surface area (TPSA) is 64.9 Å². The molecule has 2 rings (SSSR count). The Morgan fingerprint density at radius 1 is 1.55 bits per heavy atom. The van der Waals surface area contributed by atoms with E-state index in [1.165, 1.54) is 0 Å². The molecule has 0 saturated heterocycles. The van der Waals surface area contributed by atoms with Crippen LogP contribution in [0.1, 0.15) is 51.3 Å². The lowest BCUT2D eigenvalue weighted by Gasteiger charge is -2.07. The molecule has 0 aliphatic heterocycles. The Balaban J connectivity index is 2.38. The Labute approximate surface area is 120 Å². The molecule has 0 amide bonds. The van der Waals surface area contributed by atoms with Gasteiger partial charge in [0.2, 0.25) is 0 Å². The summed E-state index contributed by atoms with van der Waals surface area (Å²) < 4.78 is 0. The third-order valence-electron chi connectivity index (χ3n) is 3.50. The minimum atomic E-state index is 0.419. The van der Waals surface area contributed by atoms with Crippen LogP contribution in [0.2, 0.25) is 0 Å². The number of rotatable bonds is 5. The fraction of sp³-hybridized carbons (Fsp3) is 0.438. The lowest BCUT2D eigenvalue weighted by Crippen LogP contribution is -1.98. The van der Waals surface area contributed by atoms with Crippen molar-refractivity contribution in [3.8, 4) is 0 Å². The average molecular weight is 270 g/mol. The highest BCUT2D eigenvalue weighted by Crippen LogP contribution is 2.28. The van der Waals surface area contributed by atoms with Crippen molar-refractivity contribution < 1.29 is 0 Å². The predicted molar refractivity (Wildman–Crippen MR) is 85.0 cm³/mol. The number of allylic oxidation sites excluding steroid dienone is 4. The van der Waals surface area contributed by atoms with Gasteiger partial charge in [-0.05, 0) is 37.7 Å². The van der Waals surface area contributed by atoms with Crippen LogP contribution in [0.15, 0.2) is 23.2 Å². The molecule has 1 aromatic heterocycles. The van der Waals surface area contributed by atoms with Crippen molar-refractivity contribution >= 4 is 23.3 Å². The van der Waals surface area contributed by atoms with Crippen molar-refractivity contribution in [1.29, 1.82) is 5.41 Å². The van der Waals surface area contributed by atoms with Crippen LogP contribution in [0.3, 0.4) is 0 Å². The third kappa shape index (κ3) is 3.13. The Morgan fingerprint density at radius 2 is 2.35 bits per heavy atom. The van der Waals surface area contributed by atoms with Crippen LogP contribution in [-0.2, 0) is 0 Å². The number of hydrogen-bond acceptors (Lipinski definition) is 3. The first kappa shape index (κ1) is 14.4. The first-order valence-corrected chi connectivity index (χ1v) is 7.18. The normalized spacial score (nSPS) is 16.4. The van der Waals surface area contributed by atoms with Crippen LogP contribution in [0.4, 0.5) is 5.82 Å². The highest BCUT2D eigenvalue weighted by Gasteiger charge is 2.17. The van der Waals surface area contributed by atoms with Crippen molar-refractivity contribution in [2.45, 2.75) is 40.0 Å². The van der Waals surface area contributed by atoms with Gasteiger partial charge >= 0.3 is 0 Å². The van der Waals surface area contributed by atoms with E-state index in [2.05, 4.69) is 47.3 Å². The van der Waals surface area contributed by atoms with Gasteiger partial charge in [0.25, 0.3) is 0 Å². The number of aliphatic imine (C=N–C) groups is 1. The Kier molecular flexibility index (Phi) is 4.66. The Morgan fingerprint density at radius 3 is 2.95 bits per heavy atom. The van der Waals surface area contributed by atoms with Gasteiger partial charge in [0.1, 0.15) is 0 Å². The minimum absolute atomic E-state index is 0.419. The Hall–Kier alpha value is -1.97. The van der Waals surface area contributed by atoms with Crippen molar-refractivity contribution in [2.24, 2.45) is 10.9 Å². The second-order valence-corrected chi connectivity index (χ2v) is 5.23. The van der Waals surface area contributed by atoms with Gasteiger partial charge in [0.15, 0.2) is 5.82 Å². The molecular formula is C16H22N4. The maximum atomic E-state index is 8.00. The SMILES string of the molecule is CCC(C)C=Nc1n[nH]c(C2=CCCC=C2)c1C(C)=N. The van der Waals surface area contributed by atoms with E-state index in [0.717, 1.165) is 36.1 Å². The highest BCUT2D eigenvalue weighted by molar-refractivity contribution is 6.05. The summed E-state index contributed by atoms with van der Waals surface area (Å²) in [7, 11) is 0. The second-order valence-electron chi connectivity index (χ2n) is 5.23. The van der Waals surface area contributed by atoms with Gasteiger partial charge in [-0.3, -0.25) is 5.10 Å². The molecule has 1 aromatic rings. The van der Waals surface area contributed by atoms with E-state index < -0.39 is 0 Å². The summed E-state index contributed by atoms with van der Waals surface area (Å²) in [5.74, 6) is 1.04. The molecule has 4 heteroatoms. The van der Waals surface area contributed by atoms with E-state index in [9.17, 15) is 0 Å². The van der Waals surface area contributed by atoms with Crippen molar-refractivity contribution in [1.82, 2.24) is 10.2 Å². The van der Waals surface area contributed by atoms with Gasteiger partial charge in [0.05, 0.1) is 11.3 Å². The zero-order valence-electron chi connectivity index (χ0n) is 12.4. The molecule has 1 unspecified atom stereocenters. The van der Waals surface area contributed by atoms with Crippen LogP contribution in [-0.4, -0.2) is 22.1 Å². The fourth-order valence-corrected chi connectivity index (χ4v) is 2.09. The summed E-state index contributed by atoms with van der Waals surface area (Å²) in [5.41, 5.74) is 3.31. The predicted octanol–water partition coefficient (Wildman–Crippen LogP) is 4.28. The summed E-state index contributed by atoms with van der Waals surface area (Å²) in [5, 5.41) is 15.3. The molecule has 1 aliphatic carbocycles. The van der Waals surface area contributed by atoms with Crippen molar-refractivity contribution in [3.05, 3.63) is 29.5 Å². The zero-order chi connectivity index (χ0) is 14.5. The van der Waals surface area contributed by atoms with Crippen molar-refractivity contribution in [3.63, 3.8) is 0 Å². The van der Waals surface area contributed by atoms with E-state index >= 15 is 0 Å².